The smallest absolute Gasteiger partial charge is 0.278 e. The number of thioether (sulfide) groups is 1. The SMILES string of the molecule is CSC(=O)N(C=O)Cc1ccc(C2(c3cc4c(cc3C)C(C)(C)C=CC4(C)C)CC2)cc1. The molecule has 1 saturated carbocycles. The number of allylic oxidation sites excluding steroid dienone is 2. The fraction of sp³-hybridized carbons (Fsp3) is 0.429. The fourth-order valence-electron chi connectivity index (χ4n) is 5.11. The normalized spacial score (nSPS) is 19.2. The highest BCUT2D eigenvalue weighted by Gasteiger charge is 2.47. The molecule has 4 heteroatoms. The molecule has 2 aliphatic rings. The second kappa shape index (κ2) is 7.91. The van der Waals surface area contributed by atoms with Gasteiger partial charge in [-0.3, -0.25) is 14.5 Å². The molecule has 0 spiro atoms. The zero-order chi connectivity index (χ0) is 23.3. The molecular weight excluding hydrogens is 414 g/mol. The molecule has 2 amide bonds. The number of rotatable bonds is 5. The van der Waals surface area contributed by atoms with Crippen molar-refractivity contribution in [1.82, 2.24) is 4.90 Å². The van der Waals surface area contributed by atoms with Crippen molar-refractivity contribution in [1.29, 1.82) is 0 Å². The molecule has 2 aromatic rings. The van der Waals surface area contributed by atoms with E-state index in [4.69, 9.17) is 0 Å². The Morgan fingerprint density at radius 3 is 2.03 bits per heavy atom. The van der Waals surface area contributed by atoms with E-state index in [0.29, 0.717) is 13.0 Å². The predicted molar refractivity (Wildman–Crippen MR) is 133 cm³/mol. The van der Waals surface area contributed by atoms with Crippen molar-refractivity contribution in [2.45, 2.75) is 70.3 Å². The first-order valence-electron chi connectivity index (χ1n) is 11.3. The first-order chi connectivity index (χ1) is 15.0. The van der Waals surface area contributed by atoms with Crippen LogP contribution in [0.15, 0.2) is 48.6 Å². The average Bonchev–Trinajstić information content (AvgIpc) is 3.57. The van der Waals surface area contributed by atoms with E-state index in [0.717, 1.165) is 30.2 Å². The molecule has 0 N–H and O–H groups in total. The van der Waals surface area contributed by atoms with Gasteiger partial charge in [0.2, 0.25) is 6.41 Å². The van der Waals surface area contributed by atoms with Gasteiger partial charge in [-0.05, 0) is 59.4 Å². The maximum atomic E-state index is 11.9. The van der Waals surface area contributed by atoms with Crippen molar-refractivity contribution in [2.75, 3.05) is 6.26 Å². The van der Waals surface area contributed by atoms with Crippen LogP contribution in [-0.4, -0.2) is 22.8 Å². The molecule has 0 heterocycles. The van der Waals surface area contributed by atoms with Crippen LogP contribution in [-0.2, 0) is 27.6 Å². The molecular formula is C28H33NO2S. The first-order valence-corrected chi connectivity index (χ1v) is 12.5. The van der Waals surface area contributed by atoms with E-state index in [1.165, 1.54) is 32.7 Å². The molecule has 1 fully saturated rings. The van der Waals surface area contributed by atoms with Crippen molar-refractivity contribution < 1.29 is 9.59 Å². The summed E-state index contributed by atoms with van der Waals surface area (Å²) in [6.07, 6.45) is 9.32. The molecule has 0 bridgehead atoms. The molecule has 0 atom stereocenters. The van der Waals surface area contributed by atoms with Crippen molar-refractivity contribution in [3.8, 4) is 0 Å². The Hall–Kier alpha value is -2.33. The summed E-state index contributed by atoms with van der Waals surface area (Å²) in [5, 5.41) is -0.230. The van der Waals surface area contributed by atoms with Gasteiger partial charge >= 0.3 is 0 Å². The summed E-state index contributed by atoms with van der Waals surface area (Å²) in [4.78, 5) is 24.4. The van der Waals surface area contributed by atoms with Crippen LogP contribution in [0.4, 0.5) is 4.79 Å². The second-order valence-corrected chi connectivity index (χ2v) is 11.2. The summed E-state index contributed by atoms with van der Waals surface area (Å²) in [6, 6.07) is 13.4. The number of fused-ring (bicyclic) bond motifs is 1. The molecule has 168 valence electrons. The molecule has 3 nitrogen and oxygen atoms in total. The molecule has 0 radical (unpaired) electrons. The Labute approximate surface area is 196 Å². The van der Waals surface area contributed by atoms with E-state index in [1.807, 2.05) is 0 Å². The van der Waals surface area contributed by atoms with Crippen LogP contribution in [0, 0.1) is 6.92 Å². The second-order valence-electron chi connectivity index (χ2n) is 10.5. The van der Waals surface area contributed by atoms with Gasteiger partial charge in [0, 0.05) is 16.2 Å². The van der Waals surface area contributed by atoms with Gasteiger partial charge < -0.3 is 0 Å². The zero-order valence-electron chi connectivity index (χ0n) is 20.0. The summed E-state index contributed by atoms with van der Waals surface area (Å²) in [5.41, 5.74) is 8.10. The van der Waals surface area contributed by atoms with Gasteiger partial charge in [-0.25, -0.2) is 0 Å². The number of carbonyl (C=O) groups excluding carboxylic acids is 2. The number of benzene rings is 2. The van der Waals surface area contributed by atoms with Gasteiger partial charge in [0.05, 0.1) is 6.54 Å². The van der Waals surface area contributed by atoms with Gasteiger partial charge in [0.1, 0.15) is 0 Å². The highest BCUT2D eigenvalue weighted by molar-refractivity contribution is 8.12. The van der Waals surface area contributed by atoms with E-state index < -0.39 is 0 Å². The third kappa shape index (κ3) is 3.83. The third-order valence-corrected chi connectivity index (χ3v) is 7.91. The van der Waals surface area contributed by atoms with Gasteiger partial charge in [0.15, 0.2) is 0 Å². The predicted octanol–water partition coefficient (Wildman–Crippen LogP) is 6.64. The monoisotopic (exact) mass is 447 g/mol. The third-order valence-electron chi connectivity index (χ3n) is 7.33. The largest absolute Gasteiger partial charge is 0.288 e. The first kappa shape index (κ1) is 22.8. The highest BCUT2D eigenvalue weighted by atomic mass is 32.2. The maximum Gasteiger partial charge on any atom is 0.288 e. The van der Waals surface area contributed by atoms with E-state index >= 15 is 0 Å². The van der Waals surface area contributed by atoms with Crippen molar-refractivity contribution in [2.24, 2.45) is 0 Å². The summed E-state index contributed by atoms with van der Waals surface area (Å²) >= 11 is 1.05. The number of amides is 2. The van der Waals surface area contributed by atoms with Crippen molar-refractivity contribution >= 4 is 23.4 Å². The average molecular weight is 448 g/mol. The Bertz CT molecular complexity index is 1090. The standard InChI is InChI=1S/C28H33NO2S/c1-19-15-23-24(27(4,5)12-11-26(23,2)3)16-22(19)28(13-14-28)21-9-7-20(8-10-21)17-29(18-30)25(31)32-6/h7-12,15-16,18H,13-14,17H2,1-6H3. The van der Waals surface area contributed by atoms with Crippen molar-refractivity contribution in [3.05, 3.63) is 81.9 Å². The van der Waals surface area contributed by atoms with Crippen LogP contribution in [0.3, 0.4) is 0 Å². The quantitative estimate of drug-likeness (QED) is 0.381. The Balaban J connectivity index is 1.68. The molecule has 0 aliphatic heterocycles. The Morgan fingerprint density at radius 2 is 1.53 bits per heavy atom. The zero-order valence-corrected chi connectivity index (χ0v) is 20.8. The van der Waals surface area contributed by atoms with E-state index in [1.54, 1.807) is 6.26 Å². The van der Waals surface area contributed by atoms with Gasteiger partial charge in [-0.1, -0.05) is 88.0 Å². The van der Waals surface area contributed by atoms with Crippen LogP contribution >= 0.6 is 11.8 Å². The minimum absolute atomic E-state index is 0.0232. The van der Waals surface area contributed by atoms with Crippen LogP contribution < -0.4 is 0 Å². The molecule has 32 heavy (non-hydrogen) atoms. The fourth-order valence-corrected chi connectivity index (χ4v) is 5.45. The molecule has 2 aromatic carbocycles. The number of hydrogen-bond donors (Lipinski definition) is 0. The minimum atomic E-state index is -0.230. The lowest BCUT2D eigenvalue weighted by atomic mass is 9.66. The molecule has 0 saturated heterocycles. The molecule has 0 unspecified atom stereocenters. The lowest BCUT2D eigenvalue weighted by Gasteiger charge is -2.38. The van der Waals surface area contributed by atoms with E-state index in [2.05, 4.69) is 83.2 Å². The minimum Gasteiger partial charge on any atom is -0.278 e. The topological polar surface area (TPSA) is 37.4 Å². The molecule has 2 aliphatic carbocycles. The number of nitrogens with zero attached hydrogens (tertiary/aromatic N) is 1. The number of carbonyl (C=O) groups is 2. The summed E-state index contributed by atoms with van der Waals surface area (Å²) < 4.78 is 0. The summed E-state index contributed by atoms with van der Waals surface area (Å²) in [5.74, 6) is 0. The lowest BCUT2D eigenvalue weighted by molar-refractivity contribution is -0.115. The Morgan fingerprint density at radius 1 is 0.969 bits per heavy atom. The Kier molecular flexibility index (Phi) is 5.65. The maximum absolute atomic E-state index is 11.9. The van der Waals surface area contributed by atoms with Crippen LogP contribution in [0.5, 0.6) is 0 Å². The molecule has 0 aromatic heterocycles. The lowest BCUT2D eigenvalue weighted by Crippen LogP contribution is -2.30. The number of imide groups is 1. The van der Waals surface area contributed by atoms with E-state index in [-0.39, 0.29) is 21.5 Å². The van der Waals surface area contributed by atoms with Crippen molar-refractivity contribution in [3.63, 3.8) is 0 Å². The van der Waals surface area contributed by atoms with Gasteiger partial charge in [0.25, 0.3) is 5.24 Å². The van der Waals surface area contributed by atoms with Crippen LogP contribution in [0.1, 0.15) is 73.9 Å². The number of aryl methyl sites for hydroxylation is 1. The molecule has 4 rings (SSSR count). The summed E-state index contributed by atoms with van der Waals surface area (Å²) in [6.45, 7) is 11.8. The number of hydrogen-bond acceptors (Lipinski definition) is 3. The van der Waals surface area contributed by atoms with Crippen LogP contribution in [0.2, 0.25) is 0 Å². The summed E-state index contributed by atoms with van der Waals surface area (Å²) in [7, 11) is 0. The van der Waals surface area contributed by atoms with E-state index in [9.17, 15) is 9.59 Å². The van der Waals surface area contributed by atoms with Crippen LogP contribution in [0.25, 0.3) is 0 Å². The van der Waals surface area contributed by atoms with Gasteiger partial charge in [-0.15, -0.1) is 0 Å². The van der Waals surface area contributed by atoms with Gasteiger partial charge in [-0.2, -0.15) is 0 Å². The highest BCUT2D eigenvalue weighted by Crippen LogP contribution is 2.56.